The average molecular weight is 425 g/mol. The van der Waals surface area contributed by atoms with Gasteiger partial charge in [-0.25, -0.2) is 4.39 Å². The van der Waals surface area contributed by atoms with Crippen LogP contribution in [0.3, 0.4) is 0 Å². The fourth-order valence-electron chi connectivity index (χ4n) is 4.91. The molecule has 0 saturated heterocycles. The van der Waals surface area contributed by atoms with Crippen LogP contribution < -0.4 is 0 Å². The third-order valence-corrected chi connectivity index (χ3v) is 7.04. The minimum Gasteiger partial charge on any atom is -0.206 e. The summed E-state index contributed by atoms with van der Waals surface area (Å²) in [6.07, 6.45) is 12.6. The Kier molecular flexibility index (Phi) is 7.43. The molecular weight excluding hydrogens is 391 g/mol. The highest BCUT2D eigenvalue weighted by molar-refractivity contribution is 5.85. The summed E-state index contributed by atoms with van der Waals surface area (Å²) < 4.78 is 14.2. The van der Waals surface area contributed by atoms with Crippen molar-refractivity contribution in [3.05, 3.63) is 95.3 Å². The fraction of sp³-hybridized carbons (Fsp3) is 0.355. The largest absolute Gasteiger partial charge is 0.206 e. The van der Waals surface area contributed by atoms with Crippen LogP contribution in [-0.4, -0.2) is 0 Å². The monoisotopic (exact) mass is 424 g/mol. The highest BCUT2D eigenvalue weighted by atomic mass is 19.1. The smallest absolute Gasteiger partial charge is 0.133 e. The van der Waals surface area contributed by atoms with Gasteiger partial charge < -0.3 is 0 Å². The van der Waals surface area contributed by atoms with Gasteiger partial charge in [0.15, 0.2) is 0 Å². The summed E-state index contributed by atoms with van der Waals surface area (Å²) in [6.45, 7) is 5.65. The van der Waals surface area contributed by atoms with Gasteiger partial charge in [-0.1, -0.05) is 73.9 Å². The van der Waals surface area contributed by atoms with Crippen LogP contribution in [0.4, 0.5) is 4.39 Å². The van der Waals surface area contributed by atoms with Crippen molar-refractivity contribution in [2.75, 3.05) is 0 Å². The Morgan fingerprint density at radius 3 is 2.25 bits per heavy atom. The molecule has 1 aliphatic rings. The molecule has 32 heavy (non-hydrogen) atoms. The molecule has 0 aliphatic heterocycles. The lowest BCUT2D eigenvalue weighted by Crippen LogP contribution is -2.15. The zero-order chi connectivity index (χ0) is 22.3. The first kappa shape index (κ1) is 22.3. The van der Waals surface area contributed by atoms with E-state index in [-0.39, 0.29) is 5.82 Å². The van der Waals surface area contributed by atoms with E-state index in [9.17, 15) is 4.39 Å². The van der Waals surface area contributed by atoms with Gasteiger partial charge in [-0.3, -0.25) is 0 Å². The van der Waals surface area contributed by atoms with Crippen molar-refractivity contribution in [2.24, 2.45) is 11.8 Å². The van der Waals surface area contributed by atoms with Crippen LogP contribution in [0.25, 0.3) is 10.8 Å². The number of fused-ring (bicyclic) bond motifs is 1. The molecule has 1 aliphatic carbocycles. The topological polar surface area (TPSA) is 0 Å². The van der Waals surface area contributed by atoms with Gasteiger partial charge in [-0.05, 0) is 85.2 Å². The normalized spacial score (nSPS) is 18.2. The van der Waals surface area contributed by atoms with E-state index in [1.807, 2.05) is 30.3 Å². The van der Waals surface area contributed by atoms with Gasteiger partial charge >= 0.3 is 0 Å². The molecular formula is C31H33F. The SMILES string of the molecule is C=CCCC1CCC(CCc2ccc(C#Cc3ccc4c(F)c(C)ccc4c3)cc2)CC1. The van der Waals surface area contributed by atoms with Gasteiger partial charge in [-0.2, -0.15) is 0 Å². The molecule has 164 valence electrons. The molecule has 0 unspecified atom stereocenters. The van der Waals surface area contributed by atoms with Crippen LogP contribution in [0.15, 0.2) is 67.3 Å². The molecule has 1 fully saturated rings. The molecule has 0 radical (unpaired) electrons. The first-order valence-corrected chi connectivity index (χ1v) is 12.0. The van der Waals surface area contributed by atoms with E-state index < -0.39 is 0 Å². The number of hydrogen-bond donors (Lipinski definition) is 0. The van der Waals surface area contributed by atoms with Crippen molar-refractivity contribution >= 4 is 10.8 Å². The minimum absolute atomic E-state index is 0.140. The van der Waals surface area contributed by atoms with Gasteiger partial charge in [0.1, 0.15) is 5.82 Å². The van der Waals surface area contributed by atoms with E-state index in [1.54, 1.807) is 6.92 Å². The summed E-state index contributed by atoms with van der Waals surface area (Å²) >= 11 is 0. The van der Waals surface area contributed by atoms with E-state index in [0.29, 0.717) is 10.9 Å². The lowest BCUT2D eigenvalue weighted by molar-refractivity contribution is 0.254. The van der Waals surface area contributed by atoms with Gasteiger partial charge in [0, 0.05) is 16.5 Å². The number of hydrogen-bond acceptors (Lipinski definition) is 0. The van der Waals surface area contributed by atoms with Crippen LogP contribution in [0, 0.1) is 36.4 Å². The molecule has 0 amide bonds. The van der Waals surface area contributed by atoms with Crippen molar-refractivity contribution in [1.82, 2.24) is 0 Å². The van der Waals surface area contributed by atoms with Crippen molar-refractivity contribution in [3.8, 4) is 11.8 Å². The lowest BCUT2D eigenvalue weighted by Gasteiger charge is -2.28. The fourth-order valence-corrected chi connectivity index (χ4v) is 4.91. The zero-order valence-electron chi connectivity index (χ0n) is 19.2. The molecule has 0 spiro atoms. The maximum Gasteiger partial charge on any atom is 0.133 e. The van der Waals surface area contributed by atoms with Crippen LogP contribution in [0.5, 0.6) is 0 Å². The van der Waals surface area contributed by atoms with Crippen molar-refractivity contribution in [1.29, 1.82) is 0 Å². The Balaban J connectivity index is 1.31. The number of rotatable bonds is 6. The Hall–Kier alpha value is -2.85. The first-order chi connectivity index (χ1) is 15.6. The van der Waals surface area contributed by atoms with Crippen molar-refractivity contribution in [2.45, 2.75) is 58.3 Å². The van der Waals surface area contributed by atoms with Crippen LogP contribution in [0.2, 0.25) is 0 Å². The second-order valence-corrected chi connectivity index (χ2v) is 9.37. The predicted octanol–water partition coefficient (Wildman–Crippen LogP) is 8.39. The highest BCUT2D eigenvalue weighted by Gasteiger charge is 2.20. The number of benzene rings is 3. The molecule has 0 nitrogen and oxygen atoms in total. The maximum absolute atomic E-state index is 14.2. The summed E-state index contributed by atoms with van der Waals surface area (Å²) in [4.78, 5) is 0. The number of aryl methyl sites for hydroxylation is 2. The maximum atomic E-state index is 14.2. The minimum atomic E-state index is -0.140. The molecule has 0 atom stereocenters. The van der Waals surface area contributed by atoms with Crippen LogP contribution in [0.1, 0.15) is 67.2 Å². The van der Waals surface area contributed by atoms with Gasteiger partial charge in [0.05, 0.1) is 0 Å². The molecule has 3 aromatic carbocycles. The predicted molar refractivity (Wildman–Crippen MR) is 134 cm³/mol. The van der Waals surface area contributed by atoms with Gasteiger partial charge in [0.2, 0.25) is 0 Å². The molecule has 1 heteroatoms. The molecule has 0 aromatic heterocycles. The van der Waals surface area contributed by atoms with E-state index >= 15 is 0 Å². The Morgan fingerprint density at radius 2 is 1.53 bits per heavy atom. The second kappa shape index (κ2) is 10.6. The van der Waals surface area contributed by atoms with Crippen LogP contribution in [-0.2, 0) is 6.42 Å². The number of allylic oxidation sites excluding steroid dienone is 1. The third kappa shape index (κ3) is 5.68. The van der Waals surface area contributed by atoms with E-state index in [4.69, 9.17) is 0 Å². The number of halogens is 1. The Morgan fingerprint density at radius 1 is 0.875 bits per heavy atom. The summed E-state index contributed by atoms with van der Waals surface area (Å²) in [5.74, 6) is 8.15. The third-order valence-electron chi connectivity index (χ3n) is 7.04. The molecule has 0 bridgehead atoms. The van der Waals surface area contributed by atoms with E-state index in [0.717, 1.165) is 34.8 Å². The Labute approximate surface area is 192 Å². The summed E-state index contributed by atoms with van der Waals surface area (Å²) in [5, 5.41) is 1.55. The summed E-state index contributed by atoms with van der Waals surface area (Å²) in [7, 11) is 0. The summed E-state index contributed by atoms with van der Waals surface area (Å²) in [6, 6.07) is 18.2. The Bertz CT molecular complexity index is 1120. The van der Waals surface area contributed by atoms with Gasteiger partial charge in [0.25, 0.3) is 0 Å². The molecule has 3 aromatic rings. The first-order valence-electron chi connectivity index (χ1n) is 12.0. The molecule has 0 N–H and O–H groups in total. The van der Waals surface area contributed by atoms with Crippen molar-refractivity contribution in [3.63, 3.8) is 0 Å². The van der Waals surface area contributed by atoms with Gasteiger partial charge in [-0.15, -0.1) is 6.58 Å². The summed E-state index contributed by atoms with van der Waals surface area (Å²) in [5.41, 5.74) is 4.01. The quantitative estimate of drug-likeness (QED) is 0.275. The van der Waals surface area contributed by atoms with Crippen molar-refractivity contribution < 1.29 is 4.39 Å². The standard InChI is InChI=1S/C31H33F/c1-3-4-5-24-7-9-25(10-8-24)11-12-26-13-15-27(16-14-26)17-18-28-19-21-30-29(22-28)20-6-23(2)31(30)32/h3,6,13-16,19-22,24-25H,1,4-5,7-12H2,2H3. The lowest BCUT2D eigenvalue weighted by atomic mass is 9.78. The molecule has 4 rings (SSSR count). The van der Waals surface area contributed by atoms with E-state index in [2.05, 4.69) is 48.8 Å². The van der Waals surface area contributed by atoms with E-state index in [1.165, 1.54) is 50.5 Å². The zero-order valence-corrected chi connectivity index (χ0v) is 19.2. The molecule has 1 saturated carbocycles. The highest BCUT2D eigenvalue weighted by Crippen LogP contribution is 2.34. The van der Waals surface area contributed by atoms with Crippen LogP contribution >= 0.6 is 0 Å². The second-order valence-electron chi connectivity index (χ2n) is 9.37. The average Bonchev–Trinajstić information content (AvgIpc) is 2.84. The molecule has 0 heterocycles.